The normalized spacial score (nSPS) is 14.7. The number of nitrogens with one attached hydrogen (secondary N) is 1. The van der Waals surface area contributed by atoms with Gasteiger partial charge in [0.15, 0.2) is 0 Å². The molecule has 76 valence electrons. The third-order valence-corrected chi connectivity index (χ3v) is 3.09. The Hall–Kier alpha value is -1.57. The van der Waals surface area contributed by atoms with Gasteiger partial charge < -0.3 is 5.32 Å². The van der Waals surface area contributed by atoms with Crippen molar-refractivity contribution >= 4 is 16.6 Å². The van der Waals surface area contributed by atoms with Crippen LogP contribution in [0.3, 0.4) is 0 Å². The van der Waals surface area contributed by atoms with Gasteiger partial charge in [0.25, 0.3) is 0 Å². The van der Waals surface area contributed by atoms with Crippen molar-refractivity contribution in [2.24, 2.45) is 0 Å². The third-order valence-electron chi connectivity index (χ3n) is 3.09. The summed E-state index contributed by atoms with van der Waals surface area (Å²) >= 11 is 0. The van der Waals surface area contributed by atoms with E-state index in [2.05, 4.69) is 29.4 Å². The van der Waals surface area contributed by atoms with Crippen LogP contribution >= 0.6 is 0 Å². The molecule has 0 atom stereocenters. The van der Waals surface area contributed by atoms with Gasteiger partial charge in [-0.1, -0.05) is 6.07 Å². The lowest BCUT2D eigenvalue weighted by Gasteiger charge is -2.20. The maximum Gasteiger partial charge on any atom is 0.0752 e. The highest BCUT2D eigenvalue weighted by molar-refractivity contribution is 5.95. The van der Waals surface area contributed by atoms with Gasteiger partial charge in [0, 0.05) is 23.8 Å². The Morgan fingerprint density at radius 1 is 1.40 bits per heavy atom. The number of aromatic nitrogens is 1. The van der Waals surface area contributed by atoms with Crippen LogP contribution in [0, 0.1) is 6.92 Å². The molecule has 0 unspecified atom stereocenters. The second-order valence-corrected chi connectivity index (χ2v) is 4.16. The maximum atomic E-state index is 4.45. The molecule has 0 saturated carbocycles. The lowest BCUT2D eigenvalue weighted by molar-refractivity contribution is 0.832. The van der Waals surface area contributed by atoms with E-state index in [0.717, 1.165) is 12.1 Å². The summed E-state index contributed by atoms with van der Waals surface area (Å²) in [5.41, 5.74) is 5.16. The van der Waals surface area contributed by atoms with Crippen LogP contribution in [0.4, 0.5) is 5.69 Å². The molecule has 2 nitrogen and oxygen atoms in total. The molecule has 1 aliphatic rings. The van der Waals surface area contributed by atoms with Gasteiger partial charge in [0.2, 0.25) is 0 Å². The zero-order valence-electron chi connectivity index (χ0n) is 8.88. The van der Waals surface area contributed by atoms with Crippen molar-refractivity contribution in [1.82, 2.24) is 4.98 Å². The van der Waals surface area contributed by atoms with Crippen molar-refractivity contribution in [2.75, 3.05) is 11.9 Å². The largest absolute Gasteiger partial charge is 0.384 e. The van der Waals surface area contributed by atoms with E-state index >= 15 is 0 Å². The Kier molecular flexibility index (Phi) is 1.88. The average molecular weight is 198 g/mol. The Labute approximate surface area is 89.3 Å². The second-order valence-electron chi connectivity index (χ2n) is 4.16. The molecule has 1 N–H and O–H groups in total. The minimum absolute atomic E-state index is 1.08. The number of pyridine rings is 1. The van der Waals surface area contributed by atoms with Crippen LogP contribution in [0.5, 0.6) is 0 Å². The molecule has 0 spiro atoms. The topological polar surface area (TPSA) is 24.9 Å². The minimum Gasteiger partial charge on any atom is -0.384 e. The molecule has 1 aromatic carbocycles. The van der Waals surface area contributed by atoms with Gasteiger partial charge in [-0.15, -0.1) is 0 Å². The highest BCUT2D eigenvalue weighted by atomic mass is 14.9. The van der Waals surface area contributed by atoms with Gasteiger partial charge in [-0.05, 0) is 43.0 Å². The molecule has 0 aliphatic carbocycles. The van der Waals surface area contributed by atoms with Crippen molar-refractivity contribution < 1.29 is 0 Å². The average Bonchev–Trinajstić information content (AvgIpc) is 2.30. The summed E-state index contributed by atoms with van der Waals surface area (Å²) in [6.45, 7) is 3.23. The number of aryl methyl sites for hydroxylation is 2. The molecule has 2 aromatic rings. The first kappa shape index (κ1) is 8.72. The number of hydrogen-bond donors (Lipinski definition) is 1. The smallest absolute Gasteiger partial charge is 0.0752 e. The summed E-state index contributed by atoms with van der Waals surface area (Å²) in [6.07, 6.45) is 4.29. The number of rotatable bonds is 0. The van der Waals surface area contributed by atoms with Gasteiger partial charge in [-0.2, -0.15) is 0 Å². The van der Waals surface area contributed by atoms with Crippen molar-refractivity contribution in [3.63, 3.8) is 0 Å². The Morgan fingerprint density at radius 3 is 3.27 bits per heavy atom. The number of anilines is 1. The molecule has 1 aromatic heterocycles. The van der Waals surface area contributed by atoms with E-state index in [4.69, 9.17) is 0 Å². The number of hydrogen-bond acceptors (Lipinski definition) is 2. The van der Waals surface area contributed by atoms with E-state index in [1.54, 1.807) is 0 Å². The van der Waals surface area contributed by atoms with Crippen LogP contribution in [0.2, 0.25) is 0 Å². The monoisotopic (exact) mass is 198 g/mol. The lowest BCUT2D eigenvalue weighted by atomic mass is 9.97. The molecule has 0 bridgehead atoms. The number of fused-ring (bicyclic) bond motifs is 3. The van der Waals surface area contributed by atoms with Crippen LogP contribution in [0.1, 0.15) is 17.5 Å². The summed E-state index contributed by atoms with van der Waals surface area (Å²) in [6, 6.07) is 6.45. The van der Waals surface area contributed by atoms with Gasteiger partial charge in [0.1, 0.15) is 0 Å². The first-order valence-corrected chi connectivity index (χ1v) is 5.47. The molecule has 0 fully saturated rings. The Morgan fingerprint density at radius 2 is 2.33 bits per heavy atom. The third kappa shape index (κ3) is 1.29. The number of nitrogens with zero attached hydrogens (tertiary/aromatic N) is 1. The summed E-state index contributed by atoms with van der Waals surface area (Å²) in [4.78, 5) is 4.45. The van der Waals surface area contributed by atoms with E-state index in [1.807, 2.05) is 12.3 Å². The van der Waals surface area contributed by atoms with Crippen LogP contribution in [-0.2, 0) is 6.42 Å². The first-order valence-electron chi connectivity index (χ1n) is 5.47. The second kappa shape index (κ2) is 3.23. The number of benzene rings is 1. The van der Waals surface area contributed by atoms with E-state index in [0.29, 0.717) is 0 Å². The zero-order valence-corrected chi connectivity index (χ0v) is 8.88. The summed E-state index contributed by atoms with van der Waals surface area (Å²) in [5, 5.41) is 4.76. The van der Waals surface area contributed by atoms with Crippen molar-refractivity contribution in [2.45, 2.75) is 19.8 Å². The molecule has 3 rings (SSSR count). The summed E-state index contributed by atoms with van der Waals surface area (Å²) < 4.78 is 0. The summed E-state index contributed by atoms with van der Waals surface area (Å²) in [7, 11) is 0. The van der Waals surface area contributed by atoms with E-state index < -0.39 is 0 Å². The lowest BCUT2D eigenvalue weighted by Crippen LogP contribution is -2.12. The molecule has 15 heavy (non-hydrogen) atoms. The first-order chi connectivity index (χ1) is 7.36. The van der Waals surface area contributed by atoms with Gasteiger partial charge in [-0.3, -0.25) is 4.98 Å². The fourth-order valence-corrected chi connectivity index (χ4v) is 2.39. The highest BCUT2D eigenvalue weighted by Crippen LogP contribution is 2.31. The molecule has 2 heteroatoms. The van der Waals surface area contributed by atoms with Gasteiger partial charge in [-0.25, -0.2) is 0 Å². The molecule has 0 amide bonds. The standard InChI is InChI=1S/C13H14N2/c1-9-8-10-4-2-6-15-13(10)11-5-3-7-14-12(9)11/h3,5,7-8,15H,2,4,6H2,1H3. The predicted octanol–water partition coefficient (Wildman–Crippen LogP) is 2.90. The summed E-state index contributed by atoms with van der Waals surface area (Å²) in [5.74, 6) is 0. The fourth-order valence-electron chi connectivity index (χ4n) is 2.39. The quantitative estimate of drug-likeness (QED) is 0.704. The van der Waals surface area contributed by atoms with E-state index in [9.17, 15) is 0 Å². The molecule has 0 radical (unpaired) electrons. The highest BCUT2D eigenvalue weighted by Gasteiger charge is 2.13. The predicted molar refractivity (Wildman–Crippen MR) is 63.3 cm³/mol. The molecule has 2 heterocycles. The molecular formula is C13H14N2. The minimum atomic E-state index is 1.08. The maximum absolute atomic E-state index is 4.45. The van der Waals surface area contributed by atoms with Crippen molar-refractivity contribution in [3.05, 3.63) is 35.5 Å². The van der Waals surface area contributed by atoms with E-state index in [1.165, 1.54) is 35.0 Å². The molecule has 1 aliphatic heterocycles. The Bertz CT molecular complexity index is 517. The SMILES string of the molecule is Cc1cc2c(c3cccnc13)NCCC2. The zero-order chi connectivity index (χ0) is 10.3. The van der Waals surface area contributed by atoms with Crippen LogP contribution in [0.25, 0.3) is 10.9 Å². The van der Waals surface area contributed by atoms with Crippen LogP contribution in [-0.4, -0.2) is 11.5 Å². The van der Waals surface area contributed by atoms with Crippen LogP contribution in [0.15, 0.2) is 24.4 Å². The van der Waals surface area contributed by atoms with Crippen molar-refractivity contribution in [3.8, 4) is 0 Å². The Balaban J connectivity index is 2.39. The molecular weight excluding hydrogens is 184 g/mol. The van der Waals surface area contributed by atoms with Gasteiger partial charge in [0.05, 0.1) is 5.52 Å². The van der Waals surface area contributed by atoms with E-state index in [-0.39, 0.29) is 0 Å². The van der Waals surface area contributed by atoms with Gasteiger partial charge >= 0.3 is 0 Å². The fraction of sp³-hybridized carbons (Fsp3) is 0.308. The van der Waals surface area contributed by atoms with Crippen molar-refractivity contribution in [1.29, 1.82) is 0 Å². The molecule has 0 saturated heterocycles. The van der Waals surface area contributed by atoms with Crippen LogP contribution < -0.4 is 5.32 Å².